The summed E-state index contributed by atoms with van der Waals surface area (Å²) < 4.78 is 16.8. The Hall–Kier alpha value is -4.18. The predicted molar refractivity (Wildman–Crippen MR) is 169 cm³/mol. The number of nitrogens with zero attached hydrogens (tertiary/aromatic N) is 1. The van der Waals surface area contributed by atoms with Gasteiger partial charge in [-0.05, 0) is 72.9 Å². The van der Waals surface area contributed by atoms with Crippen LogP contribution < -0.4 is 30.2 Å². The highest BCUT2D eigenvalue weighted by atomic mass is 32.2. The minimum atomic E-state index is -0.607. The lowest BCUT2D eigenvalue weighted by Gasteiger charge is -2.25. The largest absolute Gasteiger partial charge is 0.493 e. The van der Waals surface area contributed by atoms with E-state index in [0.29, 0.717) is 54.8 Å². The van der Waals surface area contributed by atoms with Crippen LogP contribution in [0.25, 0.3) is 0 Å². The van der Waals surface area contributed by atoms with Gasteiger partial charge in [0.1, 0.15) is 11.1 Å². The molecule has 2 atom stereocenters. The number of amides is 3. The first-order valence-corrected chi connectivity index (χ1v) is 15.3. The second-order valence-electron chi connectivity index (χ2n) is 10.6. The van der Waals surface area contributed by atoms with Crippen molar-refractivity contribution in [2.75, 3.05) is 31.8 Å². The highest BCUT2D eigenvalue weighted by Crippen LogP contribution is 2.47. The molecule has 1 aliphatic heterocycles. The SMILES string of the molecule is CCOc1cc(CCNC(=O)C[C@H]2S[C@@H](c3ccc(OCC(C)C)cc3)N(c3cccc(C(N)=O)c3)C2=O)ccc1OC. The molecular weight excluding hydrogens is 566 g/mol. The van der Waals surface area contributed by atoms with Crippen LogP contribution in [0.4, 0.5) is 5.69 Å². The first-order valence-electron chi connectivity index (χ1n) is 14.4. The van der Waals surface area contributed by atoms with Crippen molar-refractivity contribution in [1.29, 1.82) is 0 Å². The van der Waals surface area contributed by atoms with Crippen molar-refractivity contribution in [2.45, 2.75) is 44.2 Å². The van der Waals surface area contributed by atoms with Crippen molar-refractivity contribution in [1.82, 2.24) is 5.32 Å². The van der Waals surface area contributed by atoms with Crippen LogP contribution in [-0.2, 0) is 16.0 Å². The summed E-state index contributed by atoms with van der Waals surface area (Å²) in [5, 5.41) is 1.94. The molecule has 10 heteroatoms. The van der Waals surface area contributed by atoms with E-state index in [1.807, 2.05) is 49.4 Å². The standard InChI is InChI=1S/C33H39N3O6S/c1-5-41-28-17-22(9-14-27(28)40-4)15-16-35-30(37)19-29-32(39)36(25-8-6-7-24(18-25)31(34)38)33(43-29)23-10-12-26(13-11-23)42-20-21(2)3/h6-14,17-18,21,29,33H,5,15-16,19-20H2,1-4H3,(H2,34,38)(H,35,37)/t29-,33+/m1/s1. The number of ether oxygens (including phenoxy) is 3. The zero-order chi connectivity index (χ0) is 30.9. The van der Waals surface area contributed by atoms with Gasteiger partial charge in [-0.1, -0.05) is 38.1 Å². The third-order valence-corrected chi connectivity index (χ3v) is 8.27. The molecule has 3 amide bonds. The third-order valence-electron chi connectivity index (χ3n) is 6.83. The summed E-state index contributed by atoms with van der Waals surface area (Å²) in [4.78, 5) is 40.3. The number of carbonyl (C=O) groups excluding carboxylic acids is 3. The van der Waals surface area contributed by atoms with Crippen molar-refractivity contribution < 1.29 is 28.6 Å². The van der Waals surface area contributed by atoms with Gasteiger partial charge in [-0.15, -0.1) is 11.8 Å². The van der Waals surface area contributed by atoms with Crippen LogP contribution in [0.1, 0.15) is 54.1 Å². The Kier molecular flexibility index (Phi) is 10.9. The number of nitrogens with two attached hydrogens (primary N) is 1. The lowest BCUT2D eigenvalue weighted by molar-refractivity contribution is -0.124. The number of primary amides is 1. The molecule has 9 nitrogen and oxygen atoms in total. The average molecular weight is 606 g/mol. The molecule has 0 aliphatic carbocycles. The topological polar surface area (TPSA) is 120 Å². The molecule has 0 saturated carbocycles. The summed E-state index contributed by atoms with van der Waals surface area (Å²) in [7, 11) is 1.59. The molecule has 4 rings (SSSR count). The van der Waals surface area contributed by atoms with E-state index in [2.05, 4.69) is 19.2 Å². The average Bonchev–Trinajstić information content (AvgIpc) is 3.32. The van der Waals surface area contributed by atoms with Gasteiger partial charge in [0.15, 0.2) is 11.5 Å². The van der Waals surface area contributed by atoms with Gasteiger partial charge >= 0.3 is 0 Å². The fourth-order valence-corrected chi connectivity index (χ4v) is 6.15. The van der Waals surface area contributed by atoms with Crippen molar-refractivity contribution in [3.8, 4) is 17.2 Å². The second kappa shape index (κ2) is 14.8. The highest BCUT2D eigenvalue weighted by Gasteiger charge is 2.43. The van der Waals surface area contributed by atoms with Crippen LogP contribution >= 0.6 is 11.8 Å². The monoisotopic (exact) mass is 605 g/mol. The van der Waals surface area contributed by atoms with E-state index in [-0.39, 0.29) is 18.2 Å². The van der Waals surface area contributed by atoms with E-state index in [4.69, 9.17) is 19.9 Å². The molecule has 1 fully saturated rings. The summed E-state index contributed by atoms with van der Waals surface area (Å²) in [6.07, 6.45) is 0.621. The number of carbonyl (C=O) groups is 3. The van der Waals surface area contributed by atoms with Gasteiger partial charge in [0.05, 0.1) is 25.6 Å². The number of hydrogen-bond donors (Lipinski definition) is 2. The summed E-state index contributed by atoms with van der Waals surface area (Å²) in [5.74, 6) is 1.46. The smallest absolute Gasteiger partial charge is 0.248 e. The number of hydrogen-bond acceptors (Lipinski definition) is 7. The fraction of sp³-hybridized carbons (Fsp3) is 0.364. The minimum Gasteiger partial charge on any atom is -0.493 e. The van der Waals surface area contributed by atoms with Crippen LogP contribution in [0.5, 0.6) is 17.2 Å². The van der Waals surface area contributed by atoms with Crippen LogP contribution in [0, 0.1) is 5.92 Å². The minimum absolute atomic E-state index is 0.0222. The maximum atomic E-state index is 13.8. The van der Waals surface area contributed by atoms with Gasteiger partial charge < -0.3 is 25.3 Å². The van der Waals surface area contributed by atoms with E-state index in [9.17, 15) is 14.4 Å². The van der Waals surface area contributed by atoms with E-state index < -0.39 is 16.5 Å². The Bertz CT molecular complexity index is 1430. The molecule has 1 aliphatic rings. The van der Waals surface area contributed by atoms with Crippen molar-refractivity contribution in [2.24, 2.45) is 11.7 Å². The molecule has 3 aromatic rings. The van der Waals surface area contributed by atoms with Crippen LogP contribution in [0.2, 0.25) is 0 Å². The second-order valence-corrected chi connectivity index (χ2v) is 11.9. The Morgan fingerprint density at radius 1 is 1.02 bits per heavy atom. The van der Waals surface area contributed by atoms with Gasteiger partial charge in [-0.3, -0.25) is 19.3 Å². The Labute approximate surface area is 257 Å². The number of benzene rings is 3. The maximum absolute atomic E-state index is 13.8. The zero-order valence-electron chi connectivity index (χ0n) is 25.0. The molecule has 228 valence electrons. The number of anilines is 1. The summed E-state index contributed by atoms with van der Waals surface area (Å²) in [6, 6.07) is 20.0. The summed E-state index contributed by atoms with van der Waals surface area (Å²) >= 11 is 1.41. The highest BCUT2D eigenvalue weighted by molar-refractivity contribution is 8.01. The lowest BCUT2D eigenvalue weighted by Crippen LogP contribution is -2.34. The maximum Gasteiger partial charge on any atom is 0.248 e. The first kappa shape index (κ1) is 31.7. The molecule has 1 saturated heterocycles. The number of nitrogens with one attached hydrogen (secondary N) is 1. The lowest BCUT2D eigenvalue weighted by atomic mass is 10.1. The number of thioether (sulfide) groups is 1. The Morgan fingerprint density at radius 3 is 2.47 bits per heavy atom. The van der Waals surface area contributed by atoms with E-state index in [1.165, 1.54) is 11.8 Å². The first-order chi connectivity index (χ1) is 20.7. The third kappa shape index (κ3) is 8.22. The van der Waals surface area contributed by atoms with Gasteiger partial charge in [-0.2, -0.15) is 0 Å². The zero-order valence-corrected chi connectivity index (χ0v) is 25.8. The van der Waals surface area contributed by atoms with E-state index in [1.54, 1.807) is 36.3 Å². The van der Waals surface area contributed by atoms with Crippen molar-refractivity contribution in [3.63, 3.8) is 0 Å². The molecule has 43 heavy (non-hydrogen) atoms. The number of rotatable bonds is 14. The fourth-order valence-electron chi connectivity index (χ4n) is 4.70. The molecule has 0 radical (unpaired) electrons. The Balaban J connectivity index is 1.46. The van der Waals surface area contributed by atoms with Gasteiger partial charge in [0, 0.05) is 24.2 Å². The van der Waals surface area contributed by atoms with Gasteiger partial charge in [0.2, 0.25) is 17.7 Å². The number of methoxy groups -OCH3 is 1. The molecule has 0 unspecified atom stereocenters. The quantitative estimate of drug-likeness (QED) is 0.262. The summed E-state index contributed by atoms with van der Waals surface area (Å²) in [5.41, 5.74) is 8.25. The van der Waals surface area contributed by atoms with Gasteiger partial charge in [0.25, 0.3) is 0 Å². The normalized spacial score (nSPS) is 16.3. The van der Waals surface area contributed by atoms with Crippen LogP contribution in [0.15, 0.2) is 66.7 Å². The molecule has 0 bridgehead atoms. The van der Waals surface area contributed by atoms with Crippen molar-refractivity contribution in [3.05, 3.63) is 83.4 Å². The van der Waals surface area contributed by atoms with Crippen LogP contribution in [-0.4, -0.2) is 49.8 Å². The van der Waals surface area contributed by atoms with E-state index >= 15 is 0 Å². The summed E-state index contributed by atoms with van der Waals surface area (Å²) in [6.45, 7) is 7.61. The van der Waals surface area contributed by atoms with Crippen molar-refractivity contribution >= 4 is 35.2 Å². The molecular formula is C33H39N3O6S. The Morgan fingerprint density at radius 2 is 1.79 bits per heavy atom. The molecule has 1 heterocycles. The molecule has 0 aromatic heterocycles. The van der Waals surface area contributed by atoms with Gasteiger partial charge in [-0.25, -0.2) is 0 Å². The molecule has 3 N–H and O–H groups in total. The molecule has 3 aromatic carbocycles. The predicted octanol–water partition coefficient (Wildman–Crippen LogP) is 5.12. The van der Waals surface area contributed by atoms with E-state index in [0.717, 1.165) is 16.9 Å². The van der Waals surface area contributed by atoms with Crippen LogP contribution in [0.3, 0.4) is 0 Å². The molecule has 0 spiro atoms.